The van der Waals surface area contributed by atoms with Gasteiger partial charge in [0.1, 0.15) is 12.4 Å². The Morgan fingerprint density at radius 1 is 1.15 bits per heavy atom. The van der Waals surface area contributed by atoms with E-state index in [0.717, 1.165) is 29.7 Å². The minimum Gasteiger partial charge on any atom is -0.486 e. The van der Waals surface area contributed by atoms with Crippen LogP contribution in [-0.4, -0.2) is 32.4 Å². The molecule has 1 aliphatic rings. The Hall–Kier alpha value is -4.51. The summed E-state index contributed by atoms with van der Waals surface area (Å²) in [4.78, 5) is 31.2. The molecule has 1 saturated heterocycles. The number of hydrogen-bond acceptors (Lipinski definition) is 7. The quantitative estimate of drug-likeness (QED) is 0.459. The van der Waals surface area contributed by atoms with Gasteiger partial charge in [-0.05, 0) is 30.7 Å². The van der Waals surface area contributed by atoms with E-state index in [1.165, 1.54) is 0 Å². The number of rotatable bonds is 6. The number of fused-ring (bicyclic) bond motifs is 1. The fourth-order valence-corrected chi connectivity index (χ4v) is 3.71. The smallest absolute Gasteiger partial charge is 0.227 e. The summed E-state index contributed by atoms with van der Waals surface area (Å²) >= 11 is 0. The third-order valence-corrected chi connectivity index (χ3v) is 5.32. The summed E-state index contributed by atoms with van der Waals surface area (Å²) in [6, 6.07) is 11.3. The minimum absolute atomic E-state index is 0.146. The lowest BCUT2D eigenvalue weighted by molar-refractivity contribution is -0.117. The zero-order valence-corrected chi connectivity index (χ0v) is 17.7. The fourth-order valence-electron chi connectivity index (χ4n) is 3.71. The van der Waals surface area contributed by atoms with Gasteiger partial charge in [-0.3, -0.25) is 14.8 Å². The van der Waals surface area contributed by atoms with E-state index in [2.05, 4.69) is 31.2 Å². The Bertz CT molecular complexity index is 1370. The van der Waals surface area contributed by atoms with Crippen molar-refractivity contribution in [3.8, 4) is 18.1 Å². The topological polar surface area (TPSA) is 93.1 Å². The van der Waals surface area contributed by atoms with E-state index in [1.54, 1.807) is 35.8 Å². The highest BCUT2D eigenvalue weighted by atomic mass is 16.5. The maximum Gasteiger partial charge on any atom is 0.227 e. The van der Waals surface area contributed by atoms with Crippen LogP contribution in [0, 0.1) is 12.3 Å². The lowest BCUT2D eigenvalue weighted by Gasteiger charge is -2.17. The van der Waals surface area contributed by atoms with Crippen molar-refractivity contribution in [2.45, 2.75) is 19.4 Å². The van der Waals surface area contributed by atoms with E-state index >= 15 is 0 Å². The van der Waals surface area contributed by atoms with Gasteiger partial charge in [0, 0.05) is 54.4 Å². The van der Waals surface area contributed by atoms with E-state index in [4.69, 9.17) is 11.2 Å². The van der Waals surface area contributed by atoms with Gasteiger partial charge in [-0.25, -0.2) is 9.97 Å². The number of nitrogens with one attached hydrogen (secondary N) is 1. The SMILES string of the molecule is C#Cc1cc2cnc(Nc3cccc(N4CCCC4=O)c3)nc2cc1OCc1cnccn1. The van der Waals surface area contributed by atoms with Crippen LogP contribution in [0.5, 0.6) is 5.75 Å². The second-order valence-corrected chi connectivity index (χ2v) is 7.55. The maximum atomic E-state index is 12.1. The number of aromatic nitrogens is 4. The van der Waals surface area contributed by atoms with Crippen LogP contribution in [-0.2, 0) is 11.4 Å². The number of carbonyl (C=O) groups is 1. The van der Waals surface area contributed by atoms with Gasteiger partial charge in [-0.15, -0.1) is 6.42 Å². The third-order valence-electron chi connectivity index (χ3n) is 5.32. The number of nitrogens with zero attached hydrogens (tertiary/aromatic N) is 5. The molecule has 0 atom stereocenters. The third kappa shape index (κ3) is 4.43. The monoisotopic (exact) mass is 436 g/mol. The minimum atomic E-state index is 0.146. The molecule has 5 rings (SSSR count). The molecule has 1 N–H and O–H groups in total. The Morgan fingerprint density at radius 3 is 2.88 bits per heavy atom. The van der Waals surface area contributed by atoms with E-state index in [1.807, 2.05) is 30.3 Å². The van der Waals surface area contributed by atoms with Gasteiger partial charge < -0.3 is 15.0 Å². The molecule has 2 aromatic heterocycles. The van der Waals surface area contributed by atoms with E-state index in [0.29, 0.717) is 34.9 Å². The van der Waals surface area contributed by atoms with E-state index in [-0.39, 0.29) is 12.5 Å². The summed E-state index contributed by atoms with van der Waals surface area (Å²) in [5.74, 6) is 3.76. The highest BCUT2D eigenvalue weighted by Gasteiger charge is 2.21. The average molecular weight is 436 g/mol. The van der Waals surface area contributed by atoms with Crippen LogP contribution < -0.4 is 15.0 Å². The summed E-state index contributed by atoms with van der Waals surface area (Å²) < 4.78 is 5.90. The van der Waals surface area contributed by atoms with Crippen LogP contribution >= 0.6 is 0 Å². The Morgan fingerprint density at radius 2 is 2.09 bits per heavy atom. The van der Waals surface area contributed by atoms with Crippen LogP contribution in [0.15, 0.2) is 61.2 Å². The van der Waals surface area contributed by atoms with Crippen LogP contribution in [0.2, 0.25) is 0 Å². The van der Waals surface area contributed by atoms with Crippen LogP contribution in [0.25, 0.3) is 10.9 Å². The molecule has 8 nitrogen and oxygen atoms in total. The fraction of sp³-hybridized carbons (Fsp3) is 0.160. The zero-order chi connectivity index (χ0) is 22.6. The predicted octanol–water partition coefficient (Wildman–Crippen LogP) is 3.85. The molecular formula is C25H20N6O2. The lowest BCUT2D eigenvalue weighted by atomic mass is 10.1. The molecule has 0 unspecified atom stereocenters. The van der Waals surface area contributed by atoms with Crippen molar-refractivity contribution in [3.05, 3.63) is 72.4 Å². The molecule has 162 valence electrons. The summed E-state index contributed by atoms with van der Waals surface area (Å²) in [7, 11) is 0. The summed E-state index contributed by atoms with van der Waals surface area (Å²) in [6.07, 6.45) is 13.7. The number of benzene rings is 2. The molecule has 0 saturated carbocycles. The summed E-state index contributed by atoms with van der Waals surface area (Å²) in [5.41, 5.74) is 3.65. The molecule has 0 spiro atoms. The first-order valence-corrected chi connectivity index (χ1v) is 10.5. The number of ether oxygens (including phenoxy) is 1. The van der Waals surface area contributed by atoms with Crippen LogP contribution in [0.4, 0.5) is 17.3 Å². The molecule has 3 heterocycles. The first-order valence-electron chi connectivity index (χ1n) is 10.5. The summed E-state index contributed by atoms with van der Waals surface area (Å²) in [6.45, 7) is 0.982. The predicted molar refractivity (Wildman–Crippen MR) is 125 cm³/mol. The van der Waals surface area contributed by atoms with Crippen molar-refractivity contribution in [1.82, 2.24) is 19.9 Å². The first kappa shape index (κ1) is 20.4. The second kappa shape index (κ2) is 8.93. The Balaban J connectivity index is 1.39. The maximum absolute atomic E-state index is 12.1. The highest BCUT2D eigenvalue weighted by molar-refractivity contribution is 5.95. The zero-order valence-electron chi connectivity index (χ0n) is 17.7. The van der Waals surface area contributed by atoms with E-state index < -0.39 is 0 Å². The van der Waals surface area contributed by atoms with Crippen molar-refractivity contribution in [2.24, 2.45) is 0 Å². The van der Waals surface area contributed by atoms with Crippen molar-refractivity contribution < 1.29 is 9.53 Å². The van der Waals surface area contributed by atoms with Gasteiger partial charge in [-0.1, -0.05) is 12.0 Å². The molecule has 8 heteroatoms. The summed E-state index contributed by atoms with van der Waals surface area (Å²) in [5, 5.41) is 4.02. The molecule has 1 amide bonds. The molecule has 0 bridgehead atoms. The molecule has 33 heavy (non-hydrogen) atoms. The molecular weight excluding hydrogens is 416 g/mol. The molecule has 0 aliphatic carbocycles. The number of amides is 1. The van der Waals surface area contributed by atoms with Gasteiger partial charge in [-0.2, -0.15) is 0 Å². The number of carbonyl (C=O) groups excluding carboxylic acids is 1. The highest BCUT2D eigenvalue weighted by Crippen LogP contribution is 2.28. The van der Waals surface area contributed by atoms with Crippen LogP contribution in [0.1, 0.15) is 24.1 Å². The molecule has 1 aliphatic heterocycles. The Kier molecular flexibility index (Phi) is 5.52. The Labute approximate surface area is 190 Å². The van der Waals surface area contributed by atoms with Gasteiger partial charge in [0.05, 0.1) is 23.0 Å². The molecule has 0 radical (unpaired) electrons. The van der Waals surface area contributed by atoms with Crippen molar-refractivity contribution in [3.63, 3.8) is 0 Å². The molecule has 2 aromatic carbocycles. The van der Waals surface area contributed by atoms with Gasteiger partial charge >= 0.3 is 0 Å². The van der Waals surface area contributed by atoms with E-state index in [9.17, 15) is 4.79 Å². The lowest BCUT2D eigenvalue weighted by Crippen LogP contribution is -2.23. The van der Waals surface area contributed by atoms with Crippen molar-refractivity contribution in [2.75, 3.05) is 16.8 Å². The van der Waals surface area contributed by atoms with Crippen molar-refractivity contribution in [1.29, 1.82) is 0 Å². The molecule has 1 fully saturated rings. The standard InChI is InChI=1S/C25H20N6O2/c1-2-17-11-18-14-28-25(29-19-5-3-6-21(12-19)31-10-4-7-24(31)32)30-22(18)13-23(17)33-16-20-15-26-8-9-27-20/h1,3,5-6,8-9,11-15H,4,7,10,16H2,(H,28,29,30). The average Bonchev–Trinajstić information content (AvgIpc) is 3.29. The molecule has 4 aromatic rings. The van der Waals surface area contributed by atoms with Gasteiger partial charge in [0.25, 0.3) is 0 Å². The van der Waals surface area contributed by atoms with Gasteiger partial charge in [0.15, 0.2) is 0 Å². The van der Waals surface area contributed by atoms with Gasteiger partial charge in [0.2, 0.25) is 11.9 Å². The number of terminal acetylenes is 1. The largest absolute Gasteiger partial charge is 0.486 e. The number of anilines is 3. The normalized spacial score (nSPS) is 13.2. The van der Waals surface area contributed by atoms with Crippen molar-refractivity contribution >= 4 is 34.1 Å². The number of hydrogen-bond donors (Lipinski definition) is 1. The second-order valence-electron chi connectivity index (χ2n) is 7.55. The van der Waals surface area contributed by atoms with Crippen LogP contribution in [0.3, 0.4) is 0 Å². The first-order chi connectivity index (χ1) is 16.2.